The molecular formula is C21H25B3FN3O3S. The van der Waals surface area contributed by atoms with E-state index < -0.39 is 42.8 Å². The third kappa shape index (κ3) is 5.58. The number of halogens is 1. The number of carbonyl (C=O) groups excluding carboxylic acids is 1. The maximum Gasteiger partial charge on any atom is 0.413 e. The molecule has 164 valence electrons. The fraction of sp³-hybridized carbons (Fsp3) is 0.524. The first-order valence-electron chi connectivity index (χ1n) is 9.81. The molecule has 1 amide bonds. The van der Waals surface area contributed by atoms with Crippen molar-refractivity contribution in [1.82, 2.24) is 5.32 Å². The van der Waals surface area contributed by atoms with Crippen molar-refractivity contribution >= 4 is 45.2 Å². The number of amidine groups is 1. The topological polar surface area (TPSA) is 80.1 Å². The monoisotopic (exact) mass is 451 g/mol. The second kappa shape index (κ2) is 8.29. The lowest BCUT2D eigenvalue weighted by atomic mass is 9.50. The number of ether oxygens (including phenoxy) is 1. The first-order valence-corrected chi connectivity index (χ1v) is 11.5. The van der Waals surface area contributed by atoms with Crippen molar-refractivity contribution in [3.63, 3.8) is 0 Å². The Bertz CT molecular complexity index is 1120. The smallest absolute Gasteiger partial charge is 0.413 e. The number of hydrogen-bond donors (Lipinski definition) is 1. The molecule has 0 aromatic heterocycles. The summed E-state index contributed by atoms with van der Waals surface area (Å²) in [7, 11) is 13.6. The van der Waals surface area contributed by atoms with Crippen LogP contribution in [0.25, 0.3) is 0 Å². The second-order valence-electron chi connectivity index (χ2n) is 9.47. The fourth-order valence-electron chi connectivity index (χ4n) is 3.27. The summed E-state index contributed by atoms with van der Waals surface area (Å²) in [6.45, 7) is 9.72. The zero-order chi connectivity index (χ0) is 24.8. The summed E-state index contributed by atoms with van der Waals surface area (Å²) >= 11 is 0. The van der Waals surface area contributed by atoms with Crippen LogP contribution in [0.4, 0.5) is 9.18 Å². The van der Waals surface area contributed by atoms with Crippen LogP contribution < -0.4 is 5.32 Å². The van der Waals surface area contributed by atoms with E-state index >= 15 is 0 Å². The molecule has 0 bridgehead atoms. The van der Waals surface area contributed by atoms with E-state index in [2.05, 4.69) is 20.6 Å². The van der Waals surface area contributed by atoms with Crippen molar-refractivity contribution in [2.24, 2.45) is 9.36 Å². The van der Waals surface area contributed by atoms with Gasteiger partial charge in [0.1, 0.15) is 27.5 Å². The molecule has 1 unspecified atom stereocenters. The number of nitrogens with zero attached hydrogens (tertiary/aromatic N) is 2. The molecule has 0 saturated carbocycles. The normalized spacial score (nSPS) is 25.2. The summed E-state index contributed by atoms with van der Waals surface area (Å²) < 4.78 is 37.0. The third-order valence-corrected chi connectivity index (χ3v) is 8.19. The van der Waals surface area contributed by atoms with E-state index in [4.69, 9.17) is 34.7 Å². The second-order valence-corrected chi connectivity index (χ2v) is 12.2. The van der Waals surface area contributed by atoms with Crippen molar-refractivity contribution in [1.29, 1.82) is 0 Å². The number of hydrogen-bond acceptors (Lipinski definition) is 5. The van der Waals surface area contributed by atoms with E-state index in [1.807, 2.05) is 0 Å². The highest BCUT2D eigenvalue weighted by Crippen LogP contribution is 2.40. The van der Waals surface area contributed by atoms with Gasteiger partial charge in [0.15, 0.2) is 0 Å². The van der Waals surface area contributed by atoms with Crippen LogP contribution in [0.15, 0.2) is 27.6 Å². The van der Waals surface area contributed by atoms with E-state index in [0.717, 1.165) is 0 Å². The molecule has 32 heavy (non-hydrogen) atoms. The average molecular weight is 451 g/mol. The largest absolute Gasteiger partial charge is 0.444 e. The van der Waals surface area contributed by atoms with Gasteiger partial charge in [0.25, 0.3) is 0 Å². The molecule has 1 aliphatic heterocycles. The molecule has 0 saturated heterocycles. The van der Waals surface area contributed by atoms with Crippen LogP contribution in [0.2, 0.25) is 0 Å². The van der Waals surface area contributed by atoms with Gasteiger partial charge in [0.05, 0.1) is 39.0 Å². The number of amides is 1. The highest BCUT2D eigenvalue weighted by atomic mass is 32.2. The van der Waals surface area contributed by atoms with Crippen LogP contribution in [0.3, 0.4) is 0 Å². The number of alkyl carbamates (subject to hydrolysis) is 1. The van der Waals surface area contributed by atoms with Gasteiger partial charge in [-0.15, -0.1) is 6.42 Å². The molecular weight excluding hydrogens is 426 g/mol. The van der Waals surface area contributed by atoms with Gasteiger partial charge in [0, 0.05) is 11.1 Å². The van der Waals surface area contributed by atoms with E-state index in [1.165, 1.54) is 18.2 Å². The lowest BCUT2D eigenvalue weighted by Gasteiger charge is -2.43. The zero-order valence-electron chi connectivity index (χ0n) is 19.2. The number of carbonyl (C=O) groups is 1. The first-order chi connectivity index (χ1) is 14.3. The molecule has 6 nitrogen and oxygen atoms in total. The van der Waals surface area contributed by atoms with Gasteiger partial charge < -0.3 is 4.74 Å². The molecule has 1 aromatic rings. The van der Waals surface area contributed by atoms with Crippen LogP contribution in [0.5, 0.6) is 0 Å². The van der Waals surface area contributed by atoms with Crippen LogP contribution in [0, 0.1) is 18.2 Å². The maximum atomic E-state index is 14.9. The predicted octanol–water partition coefficient (Wildman–Crippen LogP) is 2.32. The average Bonchev–Trinajstić information content (AvgIpc) is 2.56. The van der Waals surface area contributed by atoms with Crippen molar-refractivity contribution in [3.8, 4) is 12.3 Å². The summed E-state index contributed by atoms with van der Waals surface area (Å²) in [5, 5.41) is 0.408. The van der Waals surface area contributed by atoms with Crippen LogP contribution in [0.1, 0.15) is 52.7 Å². The minimum Gasteiger partial charge on any atom is -0.444 e. The molecule has 6 radical (unpaired) electrons. The van der Waals surface area contributed by atoms with Crippen molar-refractivity contribution in [3.05, 3.63) is 35.1 Å². The summed E-state index contributed by atoms with van der Waals surface area (Å²) in [6, 6.07) is 4.07. The van der Waals surface area contributed by atoms with Gasteiger partial charge in [-0.1, -0.05) is 5.92 Å². The number of nitrogens with one attached hydrogen (secondary N) is 1. The van der Waals surface area contributed by atoms with Gasteiger partial charge in [0.2, 0.25) is 0 Å². The summed E-state index contributed by atoms with van der Waals surface area (Å²) in [4.78, 5) is 17.1. The Morgan fingerprint density at radius 2 is 1.91 bits per heavy atom. The number of benzene rings is 1. The number of terminal acetylenes is 1. The highest BCUT2D eigenvalue weighted by Gasteiger charge is 2.50. The SMILES string of the molecule is [B]C([B])([B])N=S1(=O)C[C@@](C)(c2cc(C#C)ccc2F)N=C(NC(=O)OC(C)(C)C)C1(C)C. The van der Waals surface area contributed by atoms with Crippen LogP contribution in [-0.2, 0) is 20.0 Å². The van der Waals surface area contributed by atoms with Gasteiger partial charge in [-0.25, -0.2) is 13.4 Å². The Kier molecular flexibility index (Phi) is 6.75. The predicted molar refractivity (Wildman–Crippen MR) is 128 cm³/mol. The van der Waals surface area contributed by atoms with E-state index in [-0.39, 0.29) is 17.2 Å². The summed E-state index contributed by atoms with van der Waals surface area (Å²) in [6.07, 6.45) is 4.64. The minimum atomic E-state index is -3.43. The lowest BCUT2D eigenvalue weighted by molar-refractivity contribution is 0.0560. The van der Waals surface area contributed by atoms with Crippen LogP contribution >= 0.6 is 0 Å². The van der Waals surface area contributed by atoms with Gasteiger partial charge in [-0.2, -0.15) is 0 Å². The zero-order valence-corrected chi connectivity index (χ0v) is 20.0. The van der Waals surface area contributed by atoms with E-state index in [9.17, 15) is 13.4 Å². The quantitative estimate of drug-likeness (QED) is 0.554. The van der Waals surface area contributed by atoms with Gasteiger partial charge >= 0.3 is 6.09 Å². The van der Waals surface area contributed by atoms with Crippen LogP contribution in [-0.4, -0.2) is 61.0 Å². The molecule has 1 aromatic carbocycles. The third-order valence-electron chi connectivity index (χ3n) is 4.84. The number of aliphatic imine (C=N–C) groups is 1. The highest BCUT2D eigenvalue weighted by molar-refractivity contribution is 7.96. The summed E-state index contributed by atoms with van der Waals surface area (Å²) in [5.74, 6) is 1.51. The van der Waals surface area contributed by atoms with Crippen molar-refractivity contribution < 1.29 is 18.1 Å². The van der Waals surface area contributed by atoms with Gasteiger partial charge in [-0.3, -0.25) is 14.7 Å². The van der Waals surface area contributed by atoms with E-state index in [0.29, 0.717) is 5.56 Å². The molecule has 11 heteroatoms. The number of rotatable bonds is 2. The Balaban J connectivity index is 2.78. The Labute approximate surface area is 194 Å². The van der Waals surface area contributed by atoms with E-state index in [1.54, 1.807) is 41.5 Å². The first kappa shape index (κ1) is 26.1. The lowest BCUT2D eigenvalue weighted by Crippen LogP contribution is -2.58. The molecule has 0 spiro atoms. The minimum absolute atomic E-state index is 0.0380. The molecule has 1 N–H and O–H groups in total. The molecule has 1 aliphatic rings. The Morgan fingerprint density at radius 3 is 2.41 bits per heavy atom. The molecule has 0 aliphatic carbocycles. The molecule has 2 atom stereocenters. The maximum absolute atomic E-state index is 14.9. The Hall–Kier alpha value is -2.21. The fourth-order valence-corrected chi connectivity index (χ4v) is 5.82. The standard InChI is InChI=1S/C21H25B3FN3O3S/c1-8-13-9-10-15(25)14(11-13)20(7)12-32(30,28-21(22,23)24)19(5,6)16(27-20)26-17(29)31-18(2,3)4/h1,9-11H,12H2,2-7H3,(H,26,27,29)/t20-,32?/m0/s1. The molecule has 0 fully saturated rings. The molecule has 2 rings (SSSR count). The van der Waals surface area contributed by atoms with Crippen molar-refractivity contribution in [2.45, 2.75) is 62.7 Å². The molecule has 1 heterocycles. The van der Waals surface area contributed by atoms with Crippen molar-refractivity contribution in [2.75, 3.05) is 5.75 Å². The Morgan fingerprint density at radius 1 is 1.31 bits per heavy atom. The van der Waals surface area contributed by atoms with Gasteiger partial charge in [-0.05, 0) is 65.0 Å². The summed E-state index contributed by atoms with van der Waals surface area (Å²) in [5.41, 5.74) is -1.76.